The molecule has 148 valence electrons. The lowest BCUT2D eigenvalue weighted by Crippen LogP contribution is -2.11. The summed E-state index contributed by atoms with van der Waals surface area (Å²) in [5.41, 5.74) is 2.70. The van der Waals surface area contributed by atoms with Gasteiger partial charge >= 0.3 is 0 Å². The van der Waals surface area contributed by atoms with E-state index in [0.29, 0.717) is 26.8 Å². The Kier molecular flexibility index (Phi) is 5.31. The first-order chi connectivity index (χ1) is 14.0. The number of carbonyl (C=O) groups excluding carboxylic acids is 1. The molecule has 2 aromatic carbocycles. The van der Waals surface area contributed by atoms with Gasteiger partial charge in [-0.2, -0.15) is 0 Å². The number of aromatic nitrogens is 2. The van der Waals surface area contributed by atoms with Crippen molar-refractivity contribution in [2.75, 3.05) is 12.4 Å². The minimum atomic E-state index is -0.240. The number of phenolic OH excluding ortho intramolecular Hbond substituents is 1. The molecular formula is C21H19N3O3S2. The zero-order valence-electron chi connectivity index (χ0n) is 16.1. The summed E-state index contributed by atoms with van der Waals surface area (Å²) in [6.45, 7) is 3.70. The van der Waals surface area contributed by atoms with Gasteiger partial charge in [0.05, 0.1) is 21.5 Å². The number of thiazole rings is 2. The van der Waals surface area contributed by atoms with Gasteiger partial charge < -0.3 is 15.2 Å². The average molecular weight is 426 g/mol. The molecule has 0 fully saturated rings. The summed E-state index contributed by atoms with van der Waals surface area (Å²) in [7, 11) is 1.61. The number of hydrogen-bond donors (Lipinski definition) is 2. The van der Waals surface area contributed by atoms with Crippen LogP contribution in [0.2, 0.25) is 0 Å². The summed E-state index contributed by atoms with van der Waals surface area (Å²) in [6, 6.07) is 12.8. The highest BCUT2D eigenvalue weighted by Gasteiger charge is 2.19. The minimum absolute atomic E-state index is 0.118. The fraction of sp³-hybridized carbons (Fsp3) is 0.190. The van der Waals surface area contributed by atoms with Crippen LogP contribution in [-0.4, -0.2) is 28.1 Å². The van der Waals surface area contributed by atoms with Crippen LogP contribution in [0.25, 0.3) is 20.8 Å². The van der Waals surface area contributed by atoms with Crippen molar-refractivity contribution in [2.45, 2.75) is 20.0 Å². The van der Waals surface area contributed by atoms with E-state index in [1.165, 1.54) is 22.7 Å². The molecule has 0 aliphatic heterocycles. The zero-order chi connectivity index (χ0) is 20.5. The molecule has 0 bridgehead atoms. The van der Waals surface area contributed by atoms with Crippen LogP contribution in [0, 0.1) is 6.92 Å². The normalized spacial score (nSPS) is 12.2. The number of para-hydroxylation sites is 1. The molecule has 4 aromatic rings. The maximum atomic E-state index is 12.8. The number of rotatable bonds is 5. The summed E-state index contributed by atoms with van der Waals surface area (Å²) >= 11 is 2.81. The van der Waals surface area contributed by atoms with Crippen molar-refractivity contribution < 1.29 is 14.6 Å². The standard InChI is InChI=1S/C21H19N3O3S2/c1-11-18(29-20(22-11)12(2)27-3)19(26)23-13-8-9-16(25)14(10-13)21-24-15-6-4-5-7-17(15)28-21/h4-10,12,25H,1-3H3,(H,23,26). The Labute approximate surface area is 175 Å². The van der Waals surface area contributed by atoms with Gasteiger partial charge in [0, 0.05) is 12.8 Å². The third-order valence-electron chi connectivity index (χ3n) is 4.50. The Morgan fingerprint density at radius 2 is 1.97 bits per heavy atom. The van der Waals surface area contributed by atoms with Gasteiger partial charge in [0.1, 0.15) is 26.7 Å². The Bertz CT molecular complexity index is 1170. The first-order valence-electron chi connectivity index (χ1n) is 8.96. The highest BCUT2D eigenvalue weighted by atomic mass is 32.1. The van der Waals surface area contributed by atoms with Crippen molar-refractivity contribution in [1.29, 1.82) is 0 Å². The second kappa shape index (κ2) is 7.90. The molecule has 6 nitrogen and oxygen atoms in total. The van der Waals surface area contributed by atoms with Crippen LogP contribution in [0.4, 0.5) is 5.69 Å². The molecular weight excluding hydrogens is 406 g/mol. The largest absolute Gasteiger partial charge is 0.507 e. The summed E-state index contributed by atoms with van der Waals surface area (Å²) in [5, 5.41) is 14.7. The first kappa shape index (κ1) is 19.5. The van der Waals surface area contributed by atoms with E-state index in [9.17, 15) is 9.90 Å². The van der Waals surface area contributed by atoms with Crippen molar-refractivity contribution in [3.63, 3.8) is 0 Å². The van der Waals surface area contributed by atoms with E-state index in [-0.39, 0.29) is 17.8 Å². The molecule has 0 saturated heterocycles. The topological polar surface area (TPSA) is 84.3 Å². The Morgan fingerprint density at radius 3 is 2.72 bits per heavy atom. The van der Waals surface area contributed by atoms with Gasteiger partial charge in [0.25, 0.3) is 5.91 Å². The predicted octanol–water partition coefficient (Wildman–Crippen LogP) is 5.39. The quantitative estimate of drug-likeness (QED) is 0.419. The molecule has 2 heterocycles. The lowest BCUT2D eigenvalue weighted by Gasteiger charge is -2.07. The second-order valence-corrected chi connectivity index (χ2v) is 8.58. The molecule has 0 spiro atoms. The van der Waals surface area contributed by atoms with Crippen LogP contribution in [0.1, 0.15) is 33.4 Å². The molecule has 2 N–H and O–H groups in total. The van der Waals surface area contributed by atoms with Gasteiger partial charge in [-0.3, -0.25) is 4.79 Å². The Balaban J connectivity index is 1.62. The Morgan fingerprint density at radius 1 is 1.17 bits per heavy atom. The van der Waals surface area contributed by atoms with Crippen LogP contribution >= 0.6 is 22.7 Å². The average Bonchev–Trinajstić information content (AvgIpc) is 3.32. The molecule has 29 heavy (non-hydrogen) atoms. The van der Waals surface area contributed by atoms with Gasteiger partial charge in [-0.1, -0.05) is 12.1 Å². The number of anilines is 1. The van der Waals surface area contributed by atoms with E-state index < -0.39 is 0 Å². The predicted molar refractivity (Wildman–Crippen MR) is 117 cm³/mol. The molecule has 4 rings (SSSR count). The van der Waals surface area contributed by atoms with Gasteiger partial charge in [-0.15, -0.1) is 22.7 Å². The van der Waals surface area contributed by atoms with Crippen molar-refractivity contribution in [2.24, 2.45) is 0 Å². The highest BCUT2D eigenvalue weighted by molar-refractivity contribution is 7.21. The molecule has 0 aliphatic carbocycles. The molecule has 0 radical (unpaired) electrons. The van der Waals surface area contributed by atoms with Crippen LogP contribution < -0.4 is 5.32 Å². The van der Waals surface area contributed by atoms with Crippen LogP contribution in [-0.2, 0) is 4.74 Å². The highest BCUT2D eigenvalue weighted by Crippen LogP contribution is 2.37. The number of benzene rings is 2. The number of amides is 1. The molecule has 0 saturated carbocycles. The molecule has 2 aromatic heterocycles. The summed E-state index contributed by atoms with van der Waals surface area (Å²) in [4.78, 5) is 22.3. The molecule has 0 aliphatic rings. The maximum absolute atomic E-state index is 12.8. The molecule has 1 unspecified atom stereocenters. The SMILES string of the molecule is COC(C)c1nc(C)c(C(=O)Nc2ccc(O)c(-c3nc4ccccc4s3)c2)s1. The van der Waals surface area contributed by atoms with Gasteiger partial charge in [-0.25, -0.2) is 9.97 Å². The summed E-state index contributed by atoms with van der Waals surface area (Å²) in [5.74, 6) is -0.122. The van der Waals surface area contributed by atoms with Gasteiger partial charge in [0.15, 0.2) is 0 Å². The van der Waals surface area contributed by atoms with Crippen LogP contribution in [0.15, 0.2) is 42.5 Å². The van der Waals surface area contributed by atoms with Crippen molar-refractivity contribution in [1.82, 2.24) is 9.97 Å². The summed E-state index contributed by atoms with van der Waals surface area (Å²) in [6.07, 6.45) is -0.167. The van der Waals surface area contributed by atoms with Crippen molar-refractivity contribution >= 4 is 44.5 Å². The number of aryl methyl sites for hydroxylation is 1. The number of aromatic hydroxyl groups is 1. The maximum Gasteiger partial charge on any atom is 0.267 e. The molecule has 8 heteroatoms. The van der Waals surface area contributed by atoms with Gasteiger partial charge in [0.2, 0.25) is 0 Å². The number of ether oxygens (including phenoxy) is 1. The third-order valence-corrected chi connectivity index (χ3v) is 6.89. The van der Waals surface area contributed by atoms with E-state index in [2.05, 4.69) is 15.3 Å². The monoisotopic (exact) mass is 425 g/mol. The number of fused-ring (bicyclic) bond motifs is 1. The fourth-order valence-electron chi connectivity index (χ4n) is 2.86. The van der Waals surface area contributed by atoms with E-state index in [1.54, 1.807) is 32.2 Å². The van der Waals surface area contributed by atoms with E-state index in [4.69, 9.17) is 4.74 Å². The van der Waals surface area contributed by atoms with Crippen molar-refractivity contribution in [3.8, 4) is 16.3 Å². The lowest BCUT2D eigenvalue weighted by molar-refractivity contribution is 0.102. The lowest BCUT2D eigenvalue weighted by atomic mass is 10.2. The van der Waals surface area contributed by atoms with E-state index in [1.807, 2.05) is 31.2 Å². The van der Waals surface area contributed by atoms with Crippen molar-refractivity contribution in [3.05, 3.63) is 58.0 Å². The minimum Gasteiger partial charge on any atom is -0.507 e. The fourth-order valence-corrected chi connectivity index (χ4v) is 4.84. The number of hydrogen-bond acceptors (Lipinski definition) is 7. The molecule has 1 amide bonds. The van der Waals surface area contributed by atoms with Crippen LogP contribution in [0.3, 0.4) is 0 Å². The van der Waals surface area contributed by atoms with E-state index >= 15 is 0 Å². The number of nitrogens with one attached hydrogen (secondary N) is 1. The second-order valence-electron chi connectivity index (χ2n) is 6.52. The summed E-state index contributed by atoms with van der Waals surface area (Å²) < 4.78 is 6.33. The third kappa shape index (κ3) is 3.87. The zero-order valence-corrected chi connectivity index (χ0v) is 17.7. The van der Waals surface area contributed by atoms with E-state index in [0.717, 1.165) is 15.2 Å². The molecule has 1 atom stereocenters. The van der Waals surface area contributed by atoms with Crippen LogP contribution in [0.5, 0.6) is 5.75 Å². The smallest absolute Gasteiger partial charge is 0.267 e. The number of carbonyl (C=O) groups is 1. The van der Waals surface area contributed by atoms with Gasteiger partial charge in [-0.05, 0) is 44.2 Å². The number of nitrogens with zero attached hydrogens (tertiary/aromatic N) is 2. The first-order valence-corrected chi connectivity index (χ1v) is 10.6. The Hall–Kier alpha value is -2.81. The number of phenols is 1. The number of methoxy groups -OCH3 is 1.